The van der Waals surface area contributed by atoms with E-state index in [-0.39, 0.29) is 11.9 Å². The van der Waals surface area contributed by atoms with E-state index in [4.69, 9.17) is 10.5 Å². The Balaban J connectivity index is 2.14. The SMILES string of the molecule is CN(C)C(=O)CCCOC(=O)CCc1ccc(N)cc1. The summed E-state index contributed by atoms with van der Waals surface area (Å²) in [5, 5.41) is 0. The summed E-state index contributed by atoms with van der Waals surface area (Å²) >= 11 is 0. The number of hydrogen-bond acceptors (Lipinski definition) is 4. The standard InChI is InChI=1S/C15H22N2O3/c1-17(2)14(18)4-3-11-20-15(19)10-7-12-5-8-13(16)9-6-12/h5-6,8-9H,3-4,7,10-11,16H2,1-2H3. The Morgan fingerprint density at radius 1 is 1.15 bits per heavy atom. The van der Waals surface area contributed by atoms with Gasteiger partial charge in [0.05, 0.1) is 6.61 Å². The molecule has 0 saturated heterocycles. The van der Waals surface area contributed by atoms with Crippen LogP contribution < -0.4 is 5.73 Å². The summed E-state index contributed by atoms with van der Waals surface area (Å²) in [6.07, 6.45) is 1.93. The summed E-state index contributed by atoms with van der Waals surface area (Å²) in [5.41, 5.74) is 7.35. The number of ether oxygens (including phenoxy) is 1. The second kappa shape index (κ2) is 8.19. The average molecular weight is 278 g/mol. The first-order valence-corrected chi connectivity index (χ1v) is 6.69. The van der Waals surface area contributed by atoms with E-state index in [1.54, 1.807) is 14.1 Å². The molecule has 0 aromatic heterocycles. The third-order valence-electron chi connectivity index (χ3n) is 2.89. The second-order valence-corrected chi connectivity index (χ2v) is 4.85. The van der Waals surface area contributed by atoms with E-state index < -0.39 is 0 Å². The lowest BCUT2D eigenvalue weighted by atomic mass is 10.1. The molecule has 0 aliphatic rings. The Morgan fingerprint density at radius 2 is 1.80 bits per heavy atom. The molecule has 0 atom stereocenters. The van der Waals surface area contributed by atoms with Crippen molar-refractivity contribution in [1.29, 1.82) is 0 Å². The van der Waals surface area contributed by atoms with Crippen LogP contribution in [0.5, 0.6) is 0 Å². The topological polar surface area (TPSA) is 72.6 Å². The second-order valence-electron chi connectivity index (χ2n) is 4.85. The van der Waals surface area contributed by atoms with Crippen molar-refractivity contribution in [3.63, 3.8) is 0 Å². The van der Waals surface area contributed by atoms with E-state index in [2.05, 4.69) is 0 Å². The smallest absolute Gasteiger partial charge is 0.306 e. The molecule has 20 heavy (non-hydrogen) atoms. The van der Waals surface area contributed by atoms with Crippen molar-refractivity contribution in [3.05, 3.63) is 29.8 Å². The van der Waals surface area contributed by atoms with Gasteiger partial charge in [-0.3, -0.25) is 9.59 Å². The van der Waals surface area contributed by atoms with Crippen LogP contribution in [0.25, 0.3) is 0 Å². The van der Waals surface area contributed by atoms with Gasteiger partial charge in [-0.15, -0.1) is 0 Å². The molecule has 2 N–H and O–H groups in total. The highest BCUT2D eigenvalue weighted by Gasteiger charge is 2.06. The molecule has 0 radical (unpaired) electrons. The molecule has 0 saturated carbocycles. The molecule has 1 aromatic carbocycles. The maximum Gasteiger partial charge on any atom is 0.306 e. The average Bonchev–Trinajstić information content (AvgIpc) is 2.42. The first-order chi connectivity index (χ1) is 9.49. The number of amides is 1. The predicted octanol–water partition coefficient (Wildman–Crippen LogP) is 1.61. The van der Waals surface area contributed by atoms with Crippen molar-refractivity contribution in [2.45, 2.75) is 25.7 Å². The van der Waals surface area contributed by atoms with E-state index in [9.17, 15) is 9.59 Å². The van der Waals surface area contributed by atoms with Gasteiger partial charge >= 0.3 is 5.97 Å². The van der Waals surface area contributed by atoms with E-state index in [0.717, 1.165) is 5.56 Å². The Hall–Kier alpha value is -2.04. The van der Waals surface area contributed by atoms with Crippen molar-refractivity contribution in [3.8, 4) is 0 Å². The van der Waals surface area contributed by atoms with Crippen molar-refractivity contribution < 1.29 is 14.3 Å². The van der Waals surface area contributed by atoms with E-state index >= 15 is 0 Å². The molecule has 0 heterocycles. The third kappa shape index (κ3) is 6.22. The van der Waals surface area contributed by atoms with Crippen LogP contribution in [0.3, 0.4) is 0 Å². The normalized spacial score (nSPS) is 10.1. The van der Waals surface area contributed by atoms with Crippen LogP contribution in [0.4, 0.5) is 5.69 Å². The Morgan fingerprint density at radius 3 is 2.40 bits per heavy atom. The molecule has 5 heteroatoms. The number of anilines is 1. The van der Waals surface area contributed by atoms with Crippen LogP contribution >= 0.6 is 0 Å². The maximum absolute atomic E-state index is 11.5. The van der Waals surface area contributed by atoms with E-state index in [1.165, 1.54) is 4.90 Å². The summed E-state index contributed by atoms with van der Waals surface area (Å²) in [6, 6.07) is 7.43. The van der Waals surface area contributed by atoms with Crippen LogP contribution in [0.2, 0.25) is 0 Å². The van der Waals surface area contributed by atoms with Gasteiger partial charge in [0.2, 0.25) is 5.91 Å². The number of carbonyl (C=O) groups excluding carboxylic acids is 2. The molecule has 1 aromatic rings. The van der Waals surface area contributed by atoms with Gasteiger partial charge in [0.25, 0.3) is 0 Å². The number of hydrogen-bond donors (Lipinski definition) is 1. The Bertz CT molecular complexity index is 441. The quantitative estimate of drug-likeness (QED) is 0.467. The molecule has 0 aliphatic carbocycles. The third-order valence-corrected chi connectivity index (χ3v) is 2.89. The summed E-state index contributed by atoms with van der Waals surface area (Å²) in [4.78, 5) is 24.4. The first kappa shape index (κ1) is 16.0. The lowest BCUT2D eigenvalue weighted by Crippen LogP contribution is -2.21. The zero-order valence-electron chi connectivity index (χ0n) is 12.1. The monoisotopic (exact) mass is 278 g/mol. The number of nitrogen functional groups attached to an aromatic ring is 1. The lowest BCUT2D eigenvalue weighted by Gasteiger charge is -2.10. The predicted molar refractivity (Wildman–Crippen MR) is 78.1 cm³/mol. The molecule has 0 spiro atoms. The van der Waals surface area contributed by atoms with Crippen LogP contribution in [0, 0.1) is 0 Å². The van der Waals surface area contributed by atoms with Gasteiger partial charge in [-0.25, -0.2) is 0 Å². The van der Waals surface area contributed by atoms with Crippen LogP contribution in [0.15, 0.2) is 24.3 Å². The summed E-state index contributed by atoms with van der Waals surface area (Å²) in [6.45, 7) is 0.292. The van der Waals surface area contributed by atoms with Gasteiger partial charge < -0.3 is 15.4 Å². The number of esters is 1. The van der Waals surface area contributed by atoms with Crippen LogP contribution in [-0.4, -0.2) is 37.5 Å². The van der Waals surface area contributed by atoms with Crippen molar-refractivity contribution in [2.24, 2.45) is 0 Å². The van der Waals surface area contributed by atoms with Crippen molar-refractivity contribution in [2.75, 3.05) is 26.4 Å². The highest BCUT2D eigenvalue weighted by Crippen LogP contribution is 2.08. The molecular formula is C15H22N2O3. The van der Waals surface area contributed by atoms with Gasteiger partial charge in [0.15, 0.2) is 0 Å². The van der Waals surface area contributed by atoms with Gasteiger partial charge in [-0.1, -0.05) is 12.1 Å². The summed E-state index contributed by atoms with van der Waals surface area (Å²) < 4.78 is 5.08. The first-order valence-electron chi connectivity index (χ1n) is 6.69. The highest BCUT2D eigenvalue weighted by atomic mass is 16.5. The number of benzene rings is 1. The number of rotatable bonds is 7. The fourth-order valence-electron chi connectivity index (χ4n) is 1.64. The van der Waals surface area contributed by atoms with Crippen LogP contribution in [0.1, 0.15) is 24.8 Å². The molecule has 1 amide bonds. The molecule has 0 aliphatic heterocycles. The highest BCUT2D eigenvalue weighted by molar-refractivity contribution is 5.75. The van der Waals surface area contributed by atoms with Crippen molar-refractivity contribution in [1.82, 2.24) is 4.90 Å². The Labute approximate surface area is 119 Å². The molecule has 1 rings (SSSR count). The van der Waals surface area contributed by atoms with Crippen molar-refractivity contribution >= 4 is 17.6 Å². The van der Waals surface area contributed by atoms with E-state index in [0.29, 0.717) is 38.0 Å². The maximum atomic E-state index is 11.5. The zero-order valence-corrected chi connectivity index (χ0v) is 12.1. The largest absolute Gasteiger partial charge is 0.466 e. The van der Waals surface area contributed by atoms with Crippen LogP contribution in [-0.2, 0) is 20.7 Å². The molecule has 0 unspecified atom stereocenters. The minimum atomic E-state index is -0.237. The van der Waals surface area contributed by atoms with E-state index in [1.807, 2.05) is 24.3 Å². The fraction of sp³-hybridized carbons (Fsp3) is 0.467. The van der Waals surface area contributed by atoms with Gasteiger partial charge in [-0.05, 0) is 30.5 Å². The van der Waals surface area contributed by atoms with Gasteiger partial charge in [-0.2, -0.15) is 0 Å². The molecular weight excluding hydrogens is 256 g/mol. The minimum Gasteiger partial charge on any atom is -0.466 e. The number of nitrogens with two attached hydrogens (primary N) is 1. The molecule has 5 nitrogen and oxygen atoms in total. The number of carbonyl (C=O) groups is 2. The Kier molecular flexibility index (Phi) is 6.56. The summed E-state index contributed by atoms with van der Waals surface area (Å²) in [7, 11) is 3.42. The molecule has 110 valence electrons. The van der Waals surface area contributed by atoms with Gasteiger partial charge in [0, 0.05) is 32.6 Å². The fourth-order valence-corrected chi connectivity index (χ4v) is 1.64. The summed E-state index contributed by atoms with van der Waals surface area (Å²) in [5.74, 6) is -0.193. The minimum absolute atomic E-state index is 0.0444. The van der Waals surface area contributed by atoms with Gasteiger partial charge in [0.1, 0.15) is 0 Å². The lowest BCUT2D eigenvalue weighted by molar-refractivity contribution is -0.144. The number of nitrogens with zero attached hydrogens (tertiary/aromatic N) is 1. The zero-order chi connectivity index (χ0) is 15.0. The molecule has 0 fully saturated rings. The molecule has 0 bridgehead atoms. The number of aryl methyl sites for hydroxylation is 1.